The molecule has 1 amide bonds. The fourth-order valence-electron chi connectivity index (χ4n) is 4.24. The Morgan fingerprint density at radius 3 is 2.62 bits per heavy atom. The smallest absolute Gasteiger partial charge is 0.254 e. The zero-order valence-corrected chi connectivity index (χ0v) is 16.3. The van der Waals surface area contributed by atoms with Crippen molar-refractivity contribution in [3.05, 3.63) is 52.2 Å². The number of benzene rings is 1. The van der Waals surface area contributed by atoms with Crippen molar-refractivity contribution in [3.63, 3.8) is 0 Å². The first-order valence-electron chi connectivity index (χ1n) is 9.42. The molecule has 2 aliphatic rings. The monoisotopic (exact) mass is 370 g/mol. The van der Waals surface area contributed by atoms with Gasteiger partial charge in [0.15, 0.2) is 0 Å². The van der Waals surface area contributed by atoms with Crippen LogP contribution in [0.15, 0.2) is 41.1 Å². The summed E-state index contributed by atoms with van der Waals surface area (Å²) in [4.78, 5) is 17.1. The minimum atomic E-state index is -0.272. The lowest BCUT2D eigenvalue weighted by Gasteiger charge is -2.42. The van der Waals surface area contributed by atoms with E-state index < -0.39 is 0 Å². The van der Waals surface area contributed by atoms with Gasteiger partial charge in [0, 0.05) is 42.3 Å². The molecule has 5 heteroatoms. The van der Waals surface area contributed by atoms with Crippen molar-refractivity contribution in [2.75, 3.05) is 31.1 Å². The van der Waals surface area contributed by atoms with E-state index in [9.17, 15) is 4.79 Å². The maximum absolute atomic E-state index is 12.7. The van der Waals surface area contributed by atoms with E-state index in [4.69, 9.17) is 4.74 Å². The fourth-order valence-corrected chi connectivity index (χ4v) is 4.87. The molecule has 26 heavy (non-hydrogen) atoms. The largest absolute Gasteiger partial charge is 0.368 e. The summed E-state index contributed by atoms with van der Waals surface area (Å²) >= 11 is 1.57. The average molecular weight is 371 g/mol. The predicted octanol–water partition coefficient (Wildman–Crippen LogP) is 4.12. The van der Waals surface area contributed by atoms with Gasteiger partial charge in [0.25, 0.3) is 5.91 Å². The number of nitrogens with zero attached hydrogens (tertiary/aromatic N) is 2. The molecule has 0 bridgehead atoms. The molecular formula is C21H26N2O2S. The number of hydrogen-bond donors (Lipinski definition) is 0. The van der Waals surface area contributed by atoms with Gasteiger partial charge in [0.2, 0.25) is 0 Å². The molecule has 0 unspecified atom stereocenters. The zero-order valence-electron chi connectivity index (χ0n) is 15.5. The van der Waals surface area contributed by atoms with E-state index in [0.717, 1.165) is 44.6 Å². The molecule has 1 fully saturated rings. The minimum absolute atomic E-state index is 0.145. The van der Waals surface area contributed by atoms with Crippen LogP contribution in [-0.4, -0.2) is 43.1 Å². The van der Waals surface area contributed by atoms with Crippen molar-refractivity contribution in [2.24, 2.45) is 0 Å². The van der Waals surface area contributed by atoms with Gasteiger partial charge in [-0.1, -0.05) is 18.2 Å². The van der Waals surface area contributed by atoms with Crippen LogP contribution < -0.4 is 4.90 Å². The normalized spacial score (nSPS) is 19.5. The Balaban J connectivity index is 1.59. The van der Waals surface area contributed by atoms with E-state index >= 15 is 0 Å². The molecule has 0 radical (unpaired) electrons. The minimum Gasteiger partial charge on any atom is -0.368 e. The van der Waals surface area contributed by atoms with Crippen LogP contribution in [0.1, 0.15) is 42.6 Å². The molecule has 0 atom stereocenters. The summed E-state index contributed by atoms with van der Waals surface area (Å²) in [5, 5.41) is 3.90. The topological polar surface area (TPSA) is 32.8 Å². The van der Waals surface area contributed by atoms with Crippen molar-refractivity contribution in [1.29, 1.82) is 0 Å². The van der Waals surface area contributed by atoms with Crippen LogP contribution in [0.25, 0.3) is 0 Å². The summed E-state index contributed by atoms with van der Waals surface area (Å²) < 4.78 is 6.48. The zero-order chi connectivity index (χ0) is 18.1. The lowest BCUT2D eigenvalue weighted by atomic mass is 9.82. The first-order chi connectivity index (χ1) is 12.6. The summed E-state index contributed by atoms with van der Waals surface area (Å²) in [6.07, 6.45) is 1.71. The van der Waals surface area contributed by atoms with Gasteiger partial charge in [-0.2, -0.15) is 11.3 Å². The predicted molar refractivity (Wildman–Crippen MR) is 106 cm³/mol. The van der Waals surface area contributed by atoms with Gasteiger partial charge in [-0.05, 0) is 44.2 Å². The highest BCUT2D eigenvalue weighted by molar-refractivity contribution is 7.08. The third-order valence-corrected chi connectivity index (χ3v) is 6.35. The molecule has 0 saturated carbocycles. The van der Waals surface area contributed by atoms with E-state index in [2.05, 4.69) is 43.0 Å². The average Bonchev–Trinajstić information content (AvgIpc) is 3.15. The van der Waals surface area contributed by atoms with Gasteiger partial charge < -0.3 is 14.5 Å². The molecule has 1 spiro atoms. The lowest BCUT2D eigenvalue weighted by molar-refractivity contribution is -0.0792. The number of carbonyl (C=O) groups excluding carboxylic acids is 1. The third kappa shape index (κ3) is 3.03. The second kappa shape index (κ2) is 7.05. The molecular weight excluding hydrogens is 344 g/mol. The first kappa shape index (κ1) is 17.6. The molecule has 4 nitrogen and oxygen atoms in total. The fraction of sp³-hybridized carbons (Fsp3) is 0.476. The summed E-state index contributed by atoms with van der Waals surface area (Å²) in [6, 6.07) is 11.0. The van der Waals surface area contributed by atoms with Crippen molar-refractivity contribution in [3.8, 4) is 0 Å². The highest BCUT2D eigenvalue weighted by Gasteiger charge is 2.42. The van der Waals surface area contributed by atoms with Crippen molar-refractivity contribution in [1.82, 2.24) is 4.90 Å². The Bertz CT molecular complexity index is 764. The highest BCUT2D eigenvalue weighted by atomic mass is 32.1. The van der Waals surface area contributed by atoms with Crippen LogP contribution >= 0.6 is 11.3 Å². The number of piperidine rings is 1. The maximum atomic E-state index is 12.7. The summed E-state index contributed by atoms with van der Waals surface area (Å²) in [7, 11) is 0. The van der Waals surface area contributed by atoms with Gasteiger partial charge in [0.05, 0.1) is 17.8 Å². The van der Waals surface area contributed by atoms with Gasteiger partial charge in [-0.25, -0.2) is 0 Å². The number of anilines is 1. The lowest BCUT2D eigenvalue weighted by Crippen LogP contribution is -2.46. The van der Waals surface area contributed by atoms with Gasteiger partial charge >= 0.3 is 0 Å². The van der Waals surface area contributed by atoms with Gasteiger partial charge in [-0.15, -0.1) is 0 Å². The molecule has 2 aliphatic heterocycles. The molecule has 1 saturated heterocycles. The van der Waals surface area contributed by atoms with Crippen LogP contribution in [0.3, 0.4) is 0 Å². The number of hydrogen-bond acceptors (Lipinski definition) is 4. The van der Waals surface area contributed by atoms with Crippen LogP contribution in [0.2, 0.25) is 0 Å². The number of rotatable bonds is 2. The summed E-state index contributed by atoms with van der Waals surface area (Å²) in [5.74, 6) is 0.145. The van der Waals surface area contributed by atoms with E-state index in [-0.39, 0.29) is 11.5 Å². The Hall–Kier alpha value is -1.85. The Morgan fingerprint density at radius 1 is 1.15 bits per heavy atom. The number of amides is 1. The number of thiophene rings is 1. The van der Waals surface area contributed by atoms with Crippen molar-refractivity contribution >= 4 is 22.9 Å². The molecule has 4 rings (SSSR count). The third-order valence-electron chi connectivity index (χ3n) is 5.66. The van der Waals surface area contributed by atoms with E-state index in [1.165, 1.54) is 11.3 Å². The number of fused-ring (bicyclic) bond motifs is 2. The summed E-state index contributed by atoms with van der Waals surface area (Å²) in [5.41, 5.74) is 3.11. The highest BCUT2D eigenvalue weighted by Crippen LogP contribution is 2.43. The standard InChI is InChI=1S/C21H26N2O2S/c1-16(2)23-12-13-25-21(18-5-3-4-6-19(18)23)8-10-22(11-9-21)20(24)17-7-14-26-15-17/h3-7,14-16H,8-13H2,1-2H3. The molecule has 1 aromatic heterocycles. The number of carbonyl (C=O) groups is 1. The number of para-hydroxylation sites is 1. The first-order valence-corrected chi connectivity index (χ1v) is 10.4. The van der Waals surface area contributed by atoms with Crippen LogP contribution in [0.5, 0.6) is 0 Å². The number of likely N-dealkylation sites (tertiary alicyclic amines) is 1. The number of ether oxygens (including phenoxy) is 1. The van der Waals surface area contributed by atoms with Gasteiger partial charge in [-0.3, -0.25) is 4.79 Å². The van der Waals surface area contributed by atoms with Crippen molar-refractivity contribution in [2.45, 2.75) is 38.3 Å². The van der Waals surface area contributed by atoms with Crippen molar-refractivity contribution < 1.29 is 9.53 Å². The van der Waals surface area contributed by atoms with E-state index in [0.29, 0.717) is 6.04 Å². The molecule has 2 aromatic rings. The molecule has 0 N–H and O–H groups in total. The van der Waals surface area contributed by atoms with Crippen LogP contribution in [-0.2, 0) is 10.3 Å². The Labute approximate surface area is 159 Å². The molecule has 1 aromatic carbocycles. The molecule has 138 valence electrons. The Morgan fingerprint density at radius 2 is 1.92 bits per heavy atom. The molecule has 3 heterocycles. The van der Waals surface area contributed by atoms with Gasteiger partial charge in [0.1, 0.15) is 0 Å². The second-order valence-corrected chi connectivity index (χ2v) is 8.23. The SMILES string of the molecule is CC(C)N1CCOC2(CCN(C(=O)c3ccsc3)CC2)c2ccccc21. The summed E-state index contributed by atoms with van der Waals surface area (Å²) in [6.45, 7) is 7.59. The second-order valence-electron chi connectivity index (χ2n) is 7.45. The quantitative estimate of drug-likeness (QED) is 0.797. The van der Waals surface area contributed by atoms with E-state index in [1.807, 2.05) is 21.7 Å². The molecule has 0 aliphatic carbocycles. The Kier molecular flexibility index (Phi) is 4.76. The maximum Gasteiger partial charge on any atom is 0.254 e. The van der Waals surface area contributed by atoms with E-state index in [1.54, 1.807) is 11.3 Å². The van der Waals surface area contributed by atoms with Crippen LogP contribution in [0.4, 0.5) is 5.69 Å². The van der Waals surface area contributed by atoms with Crippen LogP contribution in [0, 0.1) is 0 Å².